The van der Waals surface area contributed by atoms with E-state index in [0.29, 0.717) is 11.1 Å². The van der Waals surface area contributed by atoms with Crippen LogP contribution in [0.15, 0.2) is 36.4 Å². The number of rotatable bonds is 4. The Morgan fingerprint density at radius 2 is 1.46 bits per heavy atom. The number of amides is 2. The molecule has 1 heterocycles. The monoisotopic (exact) mass is 379 g/mol. The van der Waals surface area contributed by atoms with Gasteiger partial charge in [-0.3, -0.25) is 19.3 Å². The number of benzene rings is 2. The van der Waals surface area contributed by atoms with Crippen molar-refractivity contribution in [3.63, 3.8) is 0 Å². The van der Waals surface area contributed by atoms with Crippen molar-refractivity contribution in [1.29, 1.82) is 0 Å². The molecule has 5 nitrogen and oxygen atoms in total. The van der Waals surface area contributed by atoms with Gasteiger partial charge in [0.25, 0.3) is 11.8 Å². The van der Waals surface area contributed by atoms with E-state index in [1.807, 2.05) is 13.8 Å². The quantitative estimate of drug-likeness (QED) is 0.596. The summed E-state index contributed by atoms with van der Waals surface area (Å²) in [5, 5.41) is 0. The summed E-state index contributed by atoms with van der Waals surface area (Å²) in [6, 6.07) is 10.8. The van der Waals surface area contributed by atoms with Crippen LogP contribution in [0.3, 0.4) is 0 Å². The topological polar surface area (TPSA) is 63.7 Å². The minimum atomic E-state index is -0.604. The van der Waals surface area contributed by atoms with E-state index in [0.717, 1.165) is 21.6 Å². The summed E-state index contributed by atoms with van der Waals surface area (Å²) < 4.78 is 5.39. The normalized spacial score (nSPS) is 13.7. The van der Waals surface area contributed by atoms with Crippen molar-refractivity contribution in [1.82, 2.24) is 4.90 Å². The van der Waals surface area contributed by atoms with Gasteiger partial charge in [0.1, 0.15) is 13.2 Å². The molecule has 0 radical (unpaired) electrons. The number of hydrogen-bond donors (Lipinski definition) is 0. The summed E-state index contributed by atoms with van der Waals surface area (Å²) in [5.74, 6) is -1.52. The molecular weight excluding hydrogens is 354 g/mol. The molecule has 0 bridgehead atoms. The fourth-order valence-corrected chi connectivity index (χ4v) is 3.36. The maximum Gasteiger partial charge on any atom is 0.326 e. The zero-order valence-corrected chi connectivity index (χ0v) is 17.0. The summed E-state index contributed by atoms with van der Waals surface area (Å²) in [5.41, 5.74) is 4.97. The Kier molecular flexibility index (Phi) is 5.11. The third-order valence-electron chi connectivity index (χ3n) is 5.10. The van der Waals surface area contributed by atoms with Gasteiger partial charge >= 0.3 is 5.97 Å². The smallest absolute Gasteiger partial charge is 0.326 e. The van der Waals surface area contributed by atoms with Crippen LogP contribution in [0.2, 0.25) is 0 Å². The Balaban J connectivity index is 1.68. The second kappa shape index (κ2) is 7.23. The summed E-state index contributed by atoms with van der Waals surface area (Å²) >= 11 is 0. The van der Waals surface area contributed by atoms with E-state index < -0.39 is 17.8 Å². The van der Waals surface area contributed by atoms with E-state index in [1.54, 1.807) is 24.3 Å². The highest BCUT2D eigenvalue weighted by Crippen LogP contribution is 2.27. The lowest BCUT2D eigenvalue weighted by molar-refractivity contribution is -0.145. The van der Waals surface area contributed by atoms with E-state index >= 15 is 0 Å². The Morgan fingerprint density at radius 3 is 1.93 bits per heavy atom. The lowest BCUT2D eigenvalue weighted by Crippen LogP contribution is -2.35. The van der Waals surface area contributed by atoms with Gasteiger partial charge in [-0.2, -0.15) is 0 Å². The summed E-state index contributed by atoms with van der Waals surface area (Å²) in [6.45, 7) is 10.2. The molecule has 0 unspecified atom stereocenters. The van der Waals surface area contributed by atoms with Gasteiger partial charge in [0.2, 0.25) is 0 Å². The van der Waals surface area contributed by atoms with Crippen LogP contribution in [0.1, 0.15) is 63.7 Å². The standard InChI is InChI=1S/C23H25NO4/c1-14-10-16(23(3,4)5)11-15(2)19(14)13-28-20(25)12-24-21(26)17-8-6-7-9-18(17)22(24)27/h6-11H,12-13H2,1-5H3. The van der Waals surface area contributed by atoms with Gasteiger partial charge in [-0.1, -0.05) is 45.0 Å². The molecule has 3 rings (SSSR count). The van der Waals surface area contributed by atoms with E-state index in [4.69, 9.17) is 4.74 Å². The lowest BCUT2D eigenvalue weighted by Gasteiger charge is -2.22. The second-order valence-corrected chi connectivity index (χ2v) is 8.24. The molecule has 0 aliphatic carbocycles. The van der Waals surface area contributed by atoms with Gasteiger partial charge in [0, 0.05) is 0 Å². The van der Waals surface area contributed by atoms with Crippen LogP contribution in [0, 0.1) is 13.8 Å². The predicted octanol–water partition coefficient (Wildman–Crippen LogP) is 3.94. The van der Waals surface area contributed by atoms with Crippen molar-refractivity contribution < 1.29 is 19.1 Å². The van der Waals surface area contributed by atoms with E-state index in [-0.39, 0.29) is 18.6 Å². The number of imide groups is 1. The molecule has 0 saturated heterocycles. The molecule has 2 aromatic rings. The Hall–Kier alpha value is -2.95. The minimum absolute atomic E-state index is 0.0379. The maximum absolute atomic E-state index is 12.4. The molecule has 1 aliphatic heterocycles. The highest BCUT2D eigenvalue weighted by molar-refractivity contribution is 6.22. The summed E-state index contributed by atoms with van der Waals surface area (Å²) in [6.07, 6.45) is 0. The number of hydrogen-bond acceptors (Lipinski definition) is 4. The van der Waals surface area contributed by atoms with Gasteiger partial charge in [0.05, 0.1) is 11.1 Å². The number of esters is 1. The third kappa shape index (κ3) is 3.70. The molecule has 2 amide bonds. The van der Waals surface area contributed by atoms with Crippen molar-refractivity contribution >= 4 is 17.8 Å². The average molecular weight is 379 g/mol. The number of nitrogens with zero attached hydrogens (tertiary/aromatic N) is 1. The molecule has 0 fully saturated rings. The molecule has 146 valence electrons. The molecule has 0 spiro atoms. The second-order valence-electron chi connectivity index (χ2n) is 8.24. The number of ether oxygens (including phenoxy) is 1. The van der Waals surface area contributed by atoms with Crippen molar-refractivity contribution in [3.05, 3.63) is 69.8 Å². The molecule has 0 N–H and O–H groups in total. The van der Waals surface area contributed by atoms with Crippen LogP contribution in [-0.4, -0.2) is 29.2 Å². The van der Waals surface area contributed by atoms with Gasteiger partial charge in [-0.15, -0.1) is 0 Å². The average Bonchev–Trinajstić information content (AvgIpc) is 2.85. The first-order valence-corrected chi connectivity index (χ1v) is 9.31. The Morgan fingerprint density at radius 1 is 0.964 bits per heavy atom. The number of aryl methyl sites for hydroxylation is 2. The predicted molar refractivity (Wildman–Crippen MR) is 106 cm³/mol. The largest absolute Gasteiger partial charge is 0.459 e. The van der Waals surface area contributed by atoms with E-state index in [1.165, 1.54) is 5.56 Å². The highest BCUT2D eigenvalue weighted by Gasteiger charge is 2.36. The van der Waals surface area contributed by atoms with Crippen LogP contribution in [0.25, 0.3) is 0 Å². The van der Waals surface area contributed by atoms with Crippen LogP contribution < -0.4 is 0 Å². The molecule has 0 atom stereocenters. The van der Waals surface area contributed by atoms with Crippen LogP contribution in [0.5, 0.6) is 0 Å². The first kappa shape index (κ1) is 19.8. The molecular formula is C23H25NO4. The number of carbonyl (C=O) groups is 3. The summed E-state index contributed by atoms with van der Waals surface area (Å²) in [7, 11) is 0. The van der Waals surface area contributed by atoms with E-state index in [2.05, 4.69) is 32.9 Å². The first-order chi connectivity index (χ1) is 13.1. The maximum atomic E-state index is 12.4. The zero-order chi connectivity index (χ0) is 20.6. The first-order valence-electron chi connectivity index (χ1n) is 9.31. The molecule has 0 saturated carbocycles. The van der Waals surface area contributed by atoms with Crippen molar-refractivity contribution in [2.75, 3.05) is 6.54 Å². The minimum Gasteiger partial charge on any atom is -0.459 e. The van der Waals surface area contributed by atoms with E-state index in [9.17, 15) is 14.4 Å². The van der Waals surface area contributed by atoms with Crippen molar-refractivity contribution in [2.24, 2.45) is 0 Å². The molecule has 28 heavy (non-hydrogen) atoms. The fraction of sp³-hybridized carbons (Fsp3) is 0.348. The number of carbonyl (C=O) groups excluding carboxylic acids is 3. The highest BCUT2D eigenvalue weighted by atomic mass is 16.5. The molecule has 1 aliphatic rings. The number of fused-ring (bicyclic) bond motifs is 1. The molecule has 0 aromatic heterocycles. The van der Waals surface area contributed by atoms with Crippen LogP contribution >= 0.6 is 0 Å². The molecule has 2 aromatic carbocycles. The van der Waals surface area contributed by atoms with Crippen LogP contribution in [0.4, 0.5) is 0 Å². The van der Waals surface area contributed by atoms with Gasteiger partial charge < -0.3 is 4.74 Å². The van der Waals surface area contributed by atoms with Gasteiger partial charge in [-0.25, -0.2) is 0 Å². The van der Waals surface area contributed by atoms with Gasteiger partial charge in [0.15, 0.2) is 0 Å². The zero-order valence-electron chi connectivity index (χ0n) is 17.0. The third-order valence-corrected chi connectivity index (χ3v) is 5.10. The van der Waals surface area contributed by atoms with Gasteiger partial charge in [-0.05, 0) is 53.6 Å². The Labute approximate surface area is 165 Å². The van der Waals surface area contributed by atoms with Crippen molar-refractivity contribution in [3.8, 4) is 0 Å². The lowest BCUT2D eigenvalue weighted by atomic mass is 9.84. The fourth-order valence-electron chi connectivity index (χ4n) is 3.36. The summed E-state index contributed by atoms with van der Waals surface area (Å²) in [4.78, 5) is 37.9. The Bertz CT molecular complexity index is 911. The van der Waals surface area contributed by atoms with Crippen molar-refractivity contribution in [2.45, 2.75) is 46.6 Å². The SMILES string of the molecule is Cc1cc(C(C)(C)C)cc(C)c1COC(=O)CN1C(=O)c2ccccc2C1=O. The molecule has 5 heteroatoms. The van der Waals surface area contributed by atoms with Crippen LogP contribution in [-0.2, 0) is 21.6 Å².